The van der Waals surface area contributed by atoms with Crippen molar-refractivity contribution in [3.05, 3.63) is 58.5 Å². The number of rotatable bonds is 5. The molecular formula is C16H13BrFN3O3. The summed E-state index contributed by atoms with van der Waals surface area (Å²) < 4.78 is 24.5. The molecule has 0 saturated heterocycles. The first-order chi connectivity index (χ1) is 11.5. The zero-order valence-electron chi connectivity index (χ0n) is 12.7. The van der Waals surface area contributed by atoms with Gasteiger partial charge in [-0.15, -0.1) is 0 Å². The second kappa shape index (κ2) is 6.96. The molecule has 0 spiro atoms. The average molecular weight is 394 g/mol. The molecule has 3 rings (SSSR count). The van der Waals surface area contributed by atoms with Crippen LogP contribution in [0.3, 0.4) is 0 Å². The average Bonchev–Trinajstić information content (AvgIpc) is 3.21. The maximum atomic E-state index is 13.7. The van der Waals surface area contributed by atoms with Gasteiger partial charge in [0.05, 0.1) is 5.56 Å². The SMILES string of the molecule is CN(CCc1noc(-c2ccccc2F)n1)C(=O)c1ccc(Br)o1. The van der Waals surface area contributed by atoms with E-state index in [4.69, 9.17) is 8.94 Å². The van der Waals surface area contributed by atoms with E-state index in [2.05, 4.69) is 26.1 Å². The van der Waals surface area contributed by atoms with Crippen molar-refractivity contribution < 1.29 is 18.1 Å². The van der Waals surface area contributed by atoms with Crippen molar-refractivity contribution in [2.45, 2.75) is 6.42 Å². The molecule has 0 aliphatic heterocycles. The van der Waals surface area contributed by atoms with Crippen LogP contribution in [0.1, 0.15) is 16.4 Å². The molecule has 0 bridgehead atoms. The van der Waals surface area contributed by atoms with Gasteiger partial charge in [-0.3, -0.25) is 4.79 Å². The van der Waals surface area contributed by atoms with Crippen LogP contribution in [0, 0.1) is 5.82 Å². The van der Waals surface area contributed by atoms with Crippen molar-refractivity contribution in [2.24, 2.45) is 0 Å². The predicted octanol–water partition coefficient (Wildman–Crippen LogP) is 3.55. The molecule has 0 N–H and O–H groups in total. The number of benzene rings is 1. The van der Waals surface area contributed by atoms with Gasteiger partial charge in [0.25, 0.3) is 11.8 Å². The van der Waals surface area contributed by atoms with Crippen LogP contribution < -0.4 is 0 Å². The Labute approximate surface area is 145 Å². The molecule has 24 heavy (non-hydrogen) atoms. The van der Waals surface area contributed by atoms with E-state index in [1.807, 2.05) is 0 Å². The first kappa shape index (κ1) is 16.4. The summed E-state index contributed by atoms with van der Waals surface area (Å²) in [4.78, 5) is 17.8. The normalized spacial score (nSPS) is 10.8. The number of nitrogens with zero attached hydrogens (tertiary/aromatic N) is 3. The largest absolute Gasteiger partial charge is 0.444 e. The standard InChI is InChI=1S/C16H13BrFN3O3/c1-21(16(22)12-6-7-13(17)23-12)9-8-14-19-15(24-20-14)10-4-2-3-5-11(10)18/h2-7H,8-9H2,1H3. The Morgan fingerprint density at radius 3 is 2.79 bits per heavy atom. The van der Waals surface area contributed by atoms with E-state index in [-0.39, 0.29) is 23.1 Å². The quantitative estimate of drug-likeness (QED) is 0.662. The maximum Gasteiger partial charge on any atom is 0.289 e. The third-order valence-electron chi connectivity index (χ3n) is 3.37. The monoisotopic (exact) mass is 393 g/mol. The van der Waals surface area contributed by atoms with Crippen LogP contribution in [-0.4, -0.2) is 34.5 Å². The van der Waals surface area contributed by atoms with E-state index in [1.165, 1.54) is 11.0 Å². The molecule has 3 aromatic rings. The predicted molar refractivity (Wildman–Crippen MR) is 86.8 cm³/mol. The smallest absolute Gasteiger partial charge is 0.289 e. The Kier molecular flexibility index (Phi) is 4.75. The zero-order valence-corrected chi connectivity index (χ0v) is 14.3. The van der Waals surface area contributed by atoms with Gasteiger partial charge in [-0.05, 0) is 40.2 Å². The lowest BCUT2D eigenvalue weighted by atomic mass is 10.2. The van der Waals surface area contributed by atoms with Gasteiger partial charge in [-0.1, -0.05) is 17.3 Å². The third-order valence-corrected chi connectivity index (χ3v) is 3.80. The van der Waals surface area contributed by atoms with Gasteiger partial charge in [0.2, 0.25) is 0 Å². The Morgan fingerprint density at radius 2 is 2.08 bits per heavy atom. The molecule has 2 aromatic heterocycles. The summed E-state index contributed by atoms with van der Waals surface area (Å²) >= 11 is 3.16. The third kappa shape index (κ3) is 3.53. The minimum absolute atomic E-state index is 0.118. The molecule has 0 radical (unpaired) electrons. The molecule has 1 amide bonds. The molecule has 2 heterocycles. The van der Waals surface area contributed by atoms with E-state index in [0.717, 1.165) is 0 Å². The van der Waals surface area contributed by atoms with E-state index < -0.39 is 5.82 Å². The number of aromatic nitrogens is 2. The van der Waals surface area contributed by atoms with Gasteiger partial charge in [-0.2, -0.15) is 4.98 Å². The van der Waals surface area contributed by atoms with Crippen molar-refractivity contribution in [1.29, 1.82) is 0 Å². The number of hydrogen-bond acceptors (Lipinski definition) is 5. The maximum absolute atomic E-state index is 13.7. The Morgan fingerprint density at radius 1 is 1.29 bits per heavy atom. The molecule has 0 unspecified atom stereocenters. The lowest BCUT2D eigenvalue weighted by Crippen LogP contribution is -2.28. The summed E-state index contributed by atoms with van der Waals surface area (Å²) in [7, 11) is 1.65. The fourth-order valence-corrected chi connectivity index (χ4v) is 2.39. The second-order valence-electron chi connectivity index (χ2n) is 5.08. The molecule has 8 heteroatoms. The fraction of sp³-hybridized carbons (Fsp3) is 0.188. The molecule has 124 valence electrons. The minimum Gasteiger partial charge on any atom is -0.444 e. The highest BCUT2D eigenvalue weighted by Gasteiger charge is 2.17. The fourth-order valence-electron chi connectivity index (χ4n) is 2.09. The number of likely N-dealkylation sites (N-methyl/N-ethyl adjacent to an activating group) is 1. The van der Waals surface area contributed by atoms with Gasteiger partial charge >= 0.3 is 0 Å². The molecular weight excluding hydrogens is 381 g/mol. The molecule has 1 aromatic carbocycles. The number of carbonyl (C=O) groups excluding carboxylic acids is 1. The number of carbonyl (C=O) groups is 1. The van der Waals surface area contributed by atoms with Crippen molar-refractivity contribution in [2.75, 3.05) is 13.6 Å². The molecule has 0 aliphatic carbocycles. The first-order valence-electron chi connectivity index (χ1n) is 7.13. The van der Waals surface area contributed by atoms with Crippen LogP contribution in [0.5, 0.6) is 0 Å². The summed E-state index contributed by atoms with van der Waals surface area (Å²) in [6, 6.07) is 9.42. The minimum atomic E-state index is -0.427. The highest BCUT2D eigenvalue weighted by molar-refractivity contribution is 9.10. The van der Waals surface area contributed by atoms with Crippen LogP contribution in [0.25, 0.3) is 11.5 Å². The molecule has 0 fully saturated rings. The van der Waals surface area contributed by atoms with Gasteiger partial charge < -0.3 is 13.8 Å². The number of halogens is 2. The summed E-state index contributed by atoms with van der Waals surface area (Å²) in [5, 5.41) is 3.82. The van der Waals surface area contributed by atoms with E-state index >= 15 is 0 Å². The summed E-state index contributed by atoms with van der Waals surface area (Å²) in [6.45, 7) is 0.368. The Hall–Kier alpha value is -2.48. The van der Waals surface area contributed by atoms with E-state index in [0.29, 0.717) is 23.5 Å². The van der Waals surface area contributed by atoms with Crippen LogP contribution in [0.4, 0.5) is 4.39 Å². The number of hydrogen-bond donors (Lipinski definition) is 0. The highest BCUT2D eigenvalue weighted by Crippen LogP contribution is 2.20. The summed E-state index contributed by atoms with van der Waals surface area (Å²) in [5.41, 5.74) is 0.251. The van der Waals surface area contributed by atoms with Gasteiger partial charge in [0, 0.05) is 20.0 Å². The lowest BCUT2D eigenvalue weighted by molar-refractivity contribution is 0.0763. The van der Waals surface area contributed by atoms with Crippen molar-refractivity contribution in [1.82, 2.24) is 15.0 Å². The Balaban J connectivity index is 1.63. The van der Waals surface area contributed by atoms with Crippen LogP contribution in [0.15, 0.2) is 50.0 Å². The summed E-state index contributed by atoms with van der Waals surface area (Å²) in [5.74, 6) is 0.0759. The highest BCUT2D eigenvalue weighted by atomic mass is 79.9. The van der Waals surface area contributed by atoms with Crippen LogP contribution in [0.2, 0.25) is 0 Å². The number of amides is 1. The van der Waals surface area contributed by atoms with E-state index in [9.17, 15) is 9.18 Å². The lowest BCUT2D eigenvalue weighted by Gasteiger charge is -2.14. The Bertz CT molecular complexity index is 862. The van der Waals surface area contributed by atoms with Gasteiger partial charge in [0.1, 0.15) is 5.82 Å². The summed E-state index contributed by atoms with van der Waals surface area (Å²) in [6.07, 6.45) is 0.377. The van der Waals surface area contributed by atoms with Gasteiger partial charge in [-0.25, -0.2) is 4.39 Å². The molecule has 0 atom stereocenters. The van der Waals surface area contributed by atoms with Crippen LogP contribution in [-0.2, 0) is 6.42 Å². The number of furan rings is 1. The molecule has 0 aliphatic rings. The van der Waals surface area contributed by atoms with Crippen molar-refractivity contribution in [3.8, 4) is 11.5 Å². The topological polar surface area (TPSA) is 72.4 Å². The van der Waals surface area contributed by atoms with Crippen molar-refractivity contribution in [3.63, 3.8) is 0 Å². The molecule has 0 saturated carbocycles. The van der Waals surface area contributed by atoms with Gasteiger partial charge in [0.15, 0.2) is 16.3 Å². The first-order valence-corrected chi connectivity index (χ1v) is 7.92. The zero-order chi connectivity index (χ0) is 17.1. The van der Waals surface area contributed by atoms with E-state index in [1.54, 1.807) is 37.4 Å². The van der Waals surface area contributed by atoms with Crippen molar-refractivity contribution >= 4 is 21.8 Å². The van der Waals surface area contributed by atoms with Crippen LogP contribution >= 0.6 is 15.9 Å². The molecule has 6 nitrogen and oxygen atoms in total. The second-order valence-corrected chi connectivity index (χ2v) is 5.86.